The Balaban J connectivity index is 1.35. The summed E-state index contributed by atoms with van der Waals surface area (Å²) in [5, 5.41) is 0. The summed E-state index contributed by atoms with van der Waals surface area (Å²) in [5.41, 5.74) is 3.97. The number of nitrogens with zero attached hydrogens (tertiary/aromatic N) is 5. The first-order valence-electron chi connectivity index (χ1n) is 10.0. The number of aromatic nitrogens is 2. The highest BCUT2D eigenvalue weighted by Gasteiger charge is 2.28. The van der Waals surface area contributed by atoms with Crippen LogP contribution in [0.15, 0.2) is 67.0 Å². The number of para-hydroxylation sites is 2. The Labute approximate surface area is 166 Å². The van der Waals surface area contributed by atoms with E-state index in [-0.39, 0.29) is 0 Å². The summed E-state index contributed by atoms with van der Waals surface area (Å²) in [6, 6.07) is 21.8. The van der Waals surface area contributed by atoms with Crippen molar-refractivity contribution in [1.82, 2.24) is 9.97 Å². The summed E-state index contributed by atoms with van der Waals surface area (Å²) in [7, 11) is 0. The predicted octanol–water partition coefficient (Wildman–Crippen LogP) is 3.89. The van der Waals surface area contributed by atoms with Crippen molar-refractivity contribution in [3.05, 3.63) is 72.6 Å². The smallest absolute Gasteiger partial charge is 0.138 e. The van der Waals surface area contributed by atoms with Crippen molar-refractivity contribution in [2.24, 2.45) is 0 Å². The highest BCUT2D eigenvalue weighted by atomic mass is 15.3. The summed E-state index contributed by atoms with van der Waals surface area (Å²) >= 11 is 0. The van der Waals surface area contributed by atoms with Gasteiger partial charge in [0.15, 0.2) is 0 Å². The largest absolute Gasteiger partial charge is 0.368 e. The monoisotopic (exact) mass is 371 g/mol. The highest BCUT2D eigenvalue weighted by molar-refractivity contribution is 5.70. The van der Waals surface area contributed by atoms with Crippen LogP contribution in [0.2, 0.25) is 0 Å². The van der Waals surface area contributed by atoms with Gasteiger partial charge in [0.1, 0.15) is 18.0 Å². The minimum absolute atomic E-state index is 0.412. The molecule has 1 fully saturated rings. The molecular formula is C23H25N5. The first-order valence-corrected chi connectivity index (χ1v) is 10.0. The second-order valence-corrected chi connectivity index (χ2v) is 7.60. The number of benzene rings is 2. The van der Waals surface area contributed by atoms with Crippen molar-refractivity contribution in [3.8, 4) is 0 Å². The normalized spacial score (nSPS) is 19.0. The molecule has 3 aromatic rings. The van der Waals surface area contributed by atoms with Gasteiger partial charge in [-0.25, -0.2) is 9.97 Å². The molecule has 5 nitrogen and oxygen atoms in total. The molecule has 1 atom stereocenters. The number of fused-ring (bicyclic) bond motifs is 1. The third-order valence-electron chi connectivity index (χ3n) is 5.82. The zero-order chi connectivity index (χ0) is 18.9. The van der Waals surface area contributed by atoms with E-state index in [1.165, 1.54) is 16.9 Å². The Bertz CT molecular complexity index is 950. The average Bonchev–Trinajstić information content (AvgIpc) is 3.10. The Kier molecular flexibility index (Phi) is 4.35. The molecule has 3 heterocycles. The zero-order valence-electron chi connectivity index (χ0n) is 16.2. The van der Waals surface area contributed by atoms with Crippen LogP contribution in [0.4, 0.5) is 23.0 Å². The van der Waals surface area contributed by atoms with Gasteiger partial charge in [-0.2, -0.15) is 0 Å². The number of piperazine rings is 1. The van der Waals surface area contributed by atoms with Crippen molar-refractivity contribution >= 4 is 23.0 Å². The van der Waals surface area contributed by atoms with E-state index in [2.05, 4.69) is 92.3 Å². The quantitative estimate of drug-likeness (QED) is 0.698. The third kappa shape index (κ3) is 3.07. The van der Waals surface area contributed by atoms with Crippen LogP contribution in [0.1, 0.15) is 12.5 Å². The maximum absolute atomic E-state index is 4.61. The Morgan fingerprint density at radius 1 is 0.786 bits per heavy atom. The summed E-state index contributed by atoms with van der Waals surface area (Å²) in [6.45, 7) is 6.22. The van der Waals surface area contributed by atoms with Gasteiger partial charge in [-0.15, -0.1) is 0 Å². The lowest BCUT2D eigenvalue weighted by molar-refractivity contribution is 0.646. The van der Waals surface area contributed by atoms with Crippen molar-refractivity contribution in [2.45, 2.75) is 19.4 Å². The van der Waals surface area contributed by atoms with Crippen LogP contribution in [0.3, 0.4) is 0 Å². The third-order valence-corrected chi connectivity index (χ3v) is 5.82. The molecule has 0 spiro atoms. The Morgan fingerprint density at radius 3 is 2.29 bits per heavy atom. The molecule has 142 valence electrons. The lowest BCUT2D eigenvalue weighted by Crippen LogP contribution is -2.46. The van der Waals surface area contributed by atoms with E-state index >= 15 is 0 Å². The summed E-state index contributed by atoms with van der Waals surface area (Å²) < 4.78 is 0. The number of hydrogen-bond donors (Lipinski definition) is 0. The minimum Gasteiger partial charge on any atom is -0.368 e. The fourth-order valence-corrected chi connectivity index (χ4v) is 4.39. The van der Waals surface area contributed by atoms with E-state index in [0.29, 0.717) is 6.04 Å². The van der Waals surface area contributed by atoms with E-state index in [1.807, 2.05) is 0 Å². The van der Waals surface area contributed by atoms with Crippen molar-refractivity contribution in [3.63, 3.8) is 0 Å². The summed E-state index contributed by atoms with van der Waals surface area (Å²) in [5.74, 6) is 2.02. The molecule has 28 heavy (non-hydrogen) atoms. The van der Waals surface area contributed by atoms with Gasteiger partial charge in [-0.05, 0) is 37.1 Å². The number of anilines is 4. The number of rotatable bonds is 3. The van der Waals surface area contributed by atoms with Crippen LogP contribution in [-0.2, 0) is 6.42 Å². The van der Waals surface area contributed by atoms with Crippen LogP contribution < -0.4 is 14.7 Å². The SMILES string of the molecule is CC1Cc2ccccc2N1c1cc(N2CCN(c3ccccc3)CC2)ncn1. The number of hydrogen-bond acceptors (Lipinski definition) is 5. The fourth-order valence-electron chi connectivity index (χ4n) is 4.39. The van der Waals surface area contributed by atoms with Gasteiger partial charge in [0.2, 0.25) is 0 Å². The molecule has 2 aliphatic heterocycles. The van der Waals surface area contributed by atoms with Gasteiger partial charge >= 0.3 is 0 Å². The minimum atomic E-state index is 0.412. The molecule has 5 heteroatoms. The van der Waals surface area contributed by atoms with Crippen LogP contribution in [0.5, 0.6) is 0 Å². The van der Waals surface area contributed by atoms with Gasteiger partial charge in [-0.1, -0.05) is 36.4 Å². The van der Waals surface area contributed by atoms with Gasteiger partial charge in [-0.3, -0.25) is 0 Å². The van der Waals surface area contributed by atoms with Crippen LogP contribution in [0, 0.1) is 0 Å². The maximum atomic E-state index is 4.61. The maximum Gasteiger partial charge on any atom is 0.138 e. The van der Waals surface area contributed by atoms with E-state index in [9.17, 15) is 0 Å². The van der Waals surface area contributed by atoms with E-state index in [4.69, 9.17) is 0 Å². The molecule has 2 aliphatic rings. The second-order valence-electron chi connectivity index (χ2n) is 7.60. The van der Waals surface area contributed by atoms with Crippen LogP contribution in [0.25, 0.3) is 0 Å². The first kappa shape index (κ1) is 17.0. The molecular weight excluding hydrogens is 346 g/mol. The van der Waals surface area contributed by atoms with E-state index < -0.39 is 0 Å². The first-order chi connectivity index (χ1) is 13.8. The molecule has 1 unspecified atom stereocenters. The molecule has 0 bridgehead atoms. The molecule has 1 saturated heterocycles. The van der Waals surface area contributed by atoms with Crippen molar-refractivity contribution in [2.75, 3.05) is 40.9 Å². The molecule has 2 aromatic carbocycles. The van der Waals surface area contributed by atoms with Gasteiger partial charge < -0.3 is 14.7 Å². The molecule has 1 aromatic heterocycles. The Morgan fingerprint density at radius 2 is 1.46 bits per heavy atom. The van der Waals surface area contributed by atoms with Crippen LogP contribution >= 0.6 is 0 Å². The topological polar surface area (TPSA) is 35.5 Å². The molecule has 5 rings (SSSR count). The van der Waals surface area contributed by atoms with E-state index in [0.717, 1.165) is 44.2 Å². The van der Waals surface area contributed by atoms with Gasteiger partial charge in [0.05, 0.1) is 0 Å². The zero-order valence-corrected chi connectivity index (χ0v) is 16.2. The standard InChI is InChI=1S/C23H25N5/c1-18-15-19-7-5-6-10-21(19)28(18)23-16-22(24-17-25-23)27-13-11-26(12-14-27)20-8-3-2-4-9-20/h2-10,16-18H,11-15H2,1H3. The van der Waals surface area contributed by atoms with Crippen molar-refractivity contribution in [1.29, 1.82) is 0 Å². The lowest BCUT2D eigenvalue weighted by atomic mass is 10.1. The average molecular weight is 371 g/mol. The summed E-state index contributed by atoms with van der Waals surface area (Å²) in [6.07, 6.45) is 2.77. The Hall–Kier alpha value is -3.08. The summed E-state index contributed by atoms with van der Waals surface area (Å²) in [4.78, 5) is 16.4. The fraction of sp³-hybridized carbons (Fsp3) is 0.304. The van der Waals surface area contributed by atoms with E-state index in [1.54, 1.807) is 6.33 Å². The van der Waals surface area contributed by atoms with Crippen LogP contribution in [-0.4, -0.2) is 42.2 Å². The van der Waals surface area contributed by atoms with Gasteiger partial charge in [0, 0.05) is 49.7 Å². The highest BCUT2D eigenvalue weighted by Crippen LogP contribution is 2.37. The second kappa shape index (κ2) is 7.15. The molecule has 0 saturated carbocycles. The lowest BCUT2D eigenvalue weighted by Gasteiger charge is -2.37. The molecule has 0 N–H and O–H groups in total. The molecule has 0 aliphatic carbocycles. The molecule has 0 radical (unpaired) electrons. The van der Waals surface area contributed by atoms with Gasteiger partial charge in [0.25, 0.3) is 0 Å². The van der Waals surface area contributed by atoms with Crippen molar-refractivity contribution < 1.29 is 0 Å². The molecule has 0 amide bonds. The predicted molar refractivity (Wildman–Crippen MR) is 115 cm³/mol.